The van der Waals surface area contributed by atoms with E-state index in [0.29, 0.717) is 23.6 Å². The lowest BCUT2D eigenvalue weighted by Gasteiger charge is -2.34. The molecule has 2 heterocycles. The van der Waals surface area contributed by atoms with E-state index >= 15 is 0 Å². The quantitative estimate of drug-likeness (QED) is 0.805. The average molecular weight is 376 g/mol. The van der Waals surface area contributed by atoms with Gasteiger partial charge in [-0.15, -0.1) is 0 Å². The first-order chi connectivity index (χ1) is 12.7. The van der Waals surface area contributed by atoms with Gasteiger partial charge in [-0.25, -0.2) is 0 Å². The molecule has 6 nitrogen and oxygen atoms in total. The normalized spacial score (nSPS) is 16.1. The Balaban J connectivity index is 1.71. The number of carbonyl (C=O) groups excluding carboxylic acids is 1. The number of morpholine rings is 1. The van der Waals surface area contributed by atoms with Crippen molar-refractivity contribution in [1.82, 2.24) is 10.2 Å². The van der Waals surface area contributed by atoms with Gasteiger partial charge in [-0.05, 0) is 34.5 Å². The molecule has 1 aliphatic heterocycles. The minimum atomic E-state index is -0.143. The number of thiophene rings is 1. The van der Waals surface area contributed by atoms with Gasteiger partial charge in [0, 0.05) is 31.3 Å². The molecule has 0 aliphatic carbocycles. The van der Waals surface area contributed by atoms with Crippen molar-refractivity contribution in [3.63, 3.8) is 0 Å². The van der Waals surface area contributed by atoms with E-state index in [1.807, 2.05) is 0 Å². The van der Waals surface area contributed by atoms with Crippen LogP contribution >= 0.6 is 11.3 Å². The standard InChI is InChI=1S/C19H24N2O4S/c1-23-16-9-15(10-17(11-16)24-2)19(22)20-12-18(14-3-8-26-13-14)21-4-6-25-7-5-21/h3,8-11,13,18H,4-7,12H2,1-2H3,(H,20,22)/t18-/m1/s1. The lowest BCUT2D eigenvalue weighted by Crippen LogP contribution is -2.43. The fourth-order valence-corrected chi connectivity index (χ4v) is 3.75. The summed E-state index contributed by atoms with van der Waals surface area (Å²) in [4.78, 5) is 15.0. The van der Waals surface area contributed by atoms with Crippen LogP contribution in [0, 0.1) is 0 Å². The van der Waals surface area contributed by atoms with Gasteiger partial charge in [0.15, 0.2) is 0 Å². The van der Waals surface area contributed by atoms with Crippen molar-refractivity contribution in [2.24, 2.45) is 0 Å². The van der Waals surface area contributed by atoms with E-state index in [-0.39, 0.29) is 11.9 Å². The third-order valence-electron chi connectivity index (χ3n) is 4.48. The molecule has 26 heavy (non-hydrogen) atoms. The number of rotatable bonds is 7. The predicted octanol–water partition coefficient (Wildman–Crippen LogP) is 2.57. The Labute approximate surface area is 157 Å². The molecule has 1 aliphatic rings. The van der Waals surface area contributed by atoms with Crippen molar-refractivity contribution in [2.45, 2.75) is 6.04 Å². The van der Waals surface area contributed by atoms with Crippen LogP contribution in [0.1, 0.15) is 22.0 Å². The van der Waals surface area contributed by atoms with Gasteiger partial charge in [0.05, 0.1) is 33.5 Å². The average Bonchev–Trinajstić information content (AvgIpc) is 3.22. The van der Waals surface area contributed by atoms with E-state index in [4.69, 9.17) is 14.2 Å². The predicted molar refractivity (Wildman–Crippen MR) is 101 cm³/mol. The van der Waals surface area contributed by atoms with Crippen LogP contribution in [0.4, 0.5) is 0 Å². The van der Waals surface area contributed by atoms with E-state index in [9.17, 15) is 4.79 Å². The molecule has 0 unspecified atom stereocenters. The number of nitrogens with one attached hydrogen (secondary N) is 1. The van der Waals surface area contributed by atoms with Crippen LogP contribution in [0.25, 0.3) is 0 Å². The Hall–Kier alpha value is -2.09. The summed E-state index contributed by atoms with van der Waals surface area (Å²) in [6.07, 6.45) is 0. The Morgan fingerprint density at radius 1 is 1.23 bits per heavy atom. The van der Waals surface area contributed by atoms with E-state index < -0.39 is 0 Å². The SMILES string of the molecule is COc1cc(OC)cc(C(=O)NC[C@H](c2ccsc2)N2CCOCC2)c1. The van der Waals surface area contributed by atoms with Gasteiger partial charge in [0.1, 0.15) is 11.5 Å². The molecule has 1 aromatic carbocycles. The maximum absolute atomic E-state index is 12.7. The Morgan fingerprint density at radius 3 is 2.50 bits per heavy atom. The monoisotopic (exact) mass is 376 g/mol. The van der Waals surface area contributed by atoms with Gasteiger partial charge in [0.2, 0.25) is 0 Å². The van der Waals surface area contributed by atoms with Crippen LogP contribution < -0.4 is 14.8 Å². The highest BCUT2D eigenvalue weighted by molar-refractivity contribution is 7.07. The van der Waals surface area contributed by atoms with E-state index in [1.165, 1.54) is 5.56 Å². The molecule has 1 aromatic heterocycles. The molecule has 2 aromatic rings. The zero-order chi connectivity index (χ0) is 18.4. The second-order valence-corrected chi connectivity index (χ2v) is 6.81. The molecule has 0 radical (unpaired) electrons. The Bertz CT molecular complexity index is 692. The molecule has 7 heteroatoms. The first-order valence-electron chi connectivity index (χ1n) is 8.56. The first kappa shape index (κ1) is 18.7. The summed E-state index contributed by atoms with van der Waals surface area (Å²) in [6, 6.07) is 7.43. The van der Waals surface area contributed by atoms with E-state index in [1.54, 1.807) is 43.8 Å². The molecule has 140 valence electrons. The number of hydrogen-bond acceptors (Lipinski definition) is 6. The molecule has 1 N–H and O–H groups in total. The van der Waals surface area contributed by atoms with Crippen molar-refractivity contribution in [3.8, 4) is 11.5 Å². The number of carbonyl (C=O) groups is 1. The van der Waals surface area contributed by atoms with Crippen molar-refractivity contribution in [2.75, 3.05) is 47.1 Å². The third-order valence-corrected chi connectivity index (χ3v) is 5.19. The summed E-state index contributed by atoms with van der Waals surface area (Å²) in [5, 5.41) is 7.27. The number of methoxy groups -OCH3 is 2. The topological polar surface area (TPSA) is 60.0 Å². The van der Waals surface area contributed by atoms with E-state index in [0.717, 1.165) is 26.3 Å². The minimum Gasteiger partial charge on any atom is -0.497 e. The summed E-state index contributed by atoms with van der Waals surface area (Å²) in [6.45, 7) is 3.71. The third kappa shape index (κ3) is 4.55. The number of benzene rings is 1. The summed E-state index contributed by atoms with van der Waals surface area (Å²) in [7, 11) is 3.14. The second kappa shape index (κ2) is 9.02. The van der Waals surface area contributed by atoms with Gasteiger partial charge in [0.25, 0.3) is 5.91 Å². The fourth-order valence-electron chi connectivity index (χ4n) is 3.04. The number of hydrogen-bond donors (Lipinski definition) is 1. The molecular weight excluding hydrogens is 352 g/mol. The molecule has 1 saturated heterocycles. The highest BCUT2D eigenvalue weighted by atomic mass is 32.1. The molecule has 0 bridgehead atoms. The number of amides is 1. The molecular formula is C19H24N2O4S. The molecule has 1 amide bonds. The number of ether oxygens (including phenoxy) is 3. The van der Waals surface area contributed by atoms with Crippen molar-refractivity contribution in [3.05, 3.63) is 46.2 Å². The smallest absolute Gasteiger partial charge is 0.251 e. The van der Waals surface area contributed by atoms with Crippen LogP contribution in [-0.4, -0.2) is 57.9 Å². The van der Waals surface area contributed by atoms with Crippen molar-refractivity contribution < 1.29 is 19.0 Å². The van der Waals surface area contributed by atoms with Gasteiger partial charge in [-0.2, -0.15) is 11.3 Å². The van der Waals surface area contributed by atoms with Crippen molar-refractivity contribution >= 4 is 17.2 Å². The minimum absolute atomic E-state index is 0.140. The van der Waals surface area contributed by atoms with Gasteiger partial charge < -0.3 is 19.5 Å². The van der Waals surface area contributed by atoms with Gasteiger partial charge in [-0.3, -0.25) is 9.69 Å². The van der Waals surface area contributed by atoms with E-state index in [2.05, 4.69) is 27.0 Å². The highest BCUT2D eigenvalue weighted by Crippen LogP contribution is 2.25. The molecule has 3 rings (SSSR count). The maximum Gasteiger partial charge on any atom is 0.251 e. The Kier molecular flexibility index (Phi) is 6.49. The van der Waals surface area contributed by atoms with Crippen LogP contribution in [0.5, 0.6) is 11.5 Å². The second-order valence-electron chi connectivity index (χ2n) is 6.03. The van der Waals surface area contributed by atoms with Gasteiger partial charge in [-0.1, -0.05) is 0 Å². The number of nitrogens with zero attached hydrogens (tertiary/aromatic N) is 1. The van der Waals surface area contributed by atoms with Crippen LogP contribution in [0.3, 0.4) is 0 Å². The Morgan fingerprint density at radius 2 is 1.92 bits per heavy atom. The molecule has 0 spiro atoms. The highest BCUT2D eigenvalue weighted by Gasteiger charge is 2.24. The maximum atomic E-state index is 12.7. The lowest BCUT2D eigenvalue weighted by molar-refractivity contribution is 0.0163. The van der Waals surface area contributed by atoms with Crippen LogP contribution in [-0.2, 0) is 4.74 Å². The lowest BCUT2D eigenvalue weighted by atomic mass is 10.1. The summed E-state index contributed by atoms with van der Waals surface area (Å²) in [5.41, 5.74) is 1.74. The summed E-state index contributed by atoms with van der Waals surface area (Å²) in [5.74, 6) is 1.05. The first-order valence-corrected chi connectivity index (χ1v) is 9.50. The van der Waals surface area contributed by atoms with Crippen LogP contribution in [0.2, 0.25) is 0 Å². The molecule has 0 saturated carbocycles. The molecule has 1 fully saturated rings. The zero-order valence-corrected chi connectivity index (χ0v) is 15.9. The zero-order valence-electron chi connectivity index (χ0n) is 15.1. The molecule has 1 atom stereocenters. The van der Waals surface area contributed by atoms with Crippen molar-refractivity contribution in [1.29, 1.82) is 0 Å². The fraction of sp³-hybridized carbons (Fsp3) is 0.421. The largest absolute Gasteiger partial charge is 0.497 e. The summed E-state index contributed by atoms with van der Waals surface area (Å²) >= 11 is 1.67. The van der Waals surface area contributed by atoms with Gasteiger partial charge >= 0.3 is 0 Å². The van der Waals surface area contributed by atoms with Crippen LogP contribution in [0.15, 0.2) is 35.0 Å². The summed E-state index contributed by atoms with van der Waals surface area (Å²) < 4.78 is 16.0.